The Bertz CT molecular complexity index is 604. The summed E-state index contributed by atoms with van der Waals surface area (Å²) < 4.78 is 0.457. The molecular weight excluding hydrogens is 314 g/mol. The molecule has 0 unspecified atom stereocenters. The minimum absolute atomic E-state index is 0.0263. The van der Waals surface area contributed by atoms with Gasteiger partial charge in [-0.2, -0.15) is 0 Å². The first-order valence-electron chi connectivity index (χ1n) is 5.99. The number of nitrogens with zero attached hydrogens (tertiary/aromatic N) is 2. The lowest BCUT2D eigenvalue weighted by Gasteiger charge is -2.14. The van der Waals surface area contributed by atoms with Gasteiger partial charge in [0, 0.05) is 19.0 Å². The molecule has 2 rings (SSSR count). The van der Waals surface area contributed by atoms with Crippen molar-refractivity contribution < 1.29 is 14.5 Å². The number of benzene rings is 1. The van der Waals surface area contributed by atoms with Gasteiger partial charge in [-0.25, -0.2) is 0 Å². The lowest BCUT2D eigenvalue weighted by Crippen LogP contribution is -2.31. The molecule has 0 atom stereocenters. The average Bonchev–Trinajstić information content (AvgIpc) is 2.76. The minimum Gasteiger partial charge on any atom is -0.320 e. The third-order valence-corrected chi connectivity index (χ3v) is 4.21. The maximum Gasteiger partial charge on any atom is 0.292 e. The van der Waals surface area contributed by atoms with Gasteiger partial charge in [-0.15, -0.1) is 0 Å². The summed E-state index contributed by atoms with van der Waals surface area (Å²) in [5.74, 6) is -0.231. The van der Waals surface area contributed by atoms with Crippen molar-refractivity contribution in [2.24, 2.45) is 0 Å². The molecule has 1 saturated heterocycles. The molecule has 0 radical (unpaired) electrons. The van der Waals surface area contributed by atoms with Gasteiger partial charge in [0.1, 0.15) is 10.0 Å². The Hall–Kier alpha value is -2.00. The number of nitro groups is 1. The highest BCUT2D eigenvalue weighted by molar-refractivity contribution is 8.23. The summed E-state index contributed by atoms with van der Waals surface area (Å²) in [7, 11) is 0. The smallest absolute Gasteiger partial charge is 0.292 e. The summed E-state index contributed by atoms with van der Waals surface area (Å²) in [6.45, 7) is 0.178. The highest BCUT2D eigenvalue weighted by atomic mass is 32.2. The van der Waals surface area contributed by atoms with Crippen LogP contribution >= 0.6 is 24.0 Å². The zero-order valence-corrected chi connectivity index (χ0v) is 12.4. The Balaban J connectivity index is 1.95. The van der Waals surface area contributed by atoms with Gasteiger partial charge in [-0.3, -0.25) is 24.6 Å². The van der Waals surface area contributed by atoms with E-state index in [1.54, 1.807) is 6.07 Å². The minimum atomic E-state index is -0.564. The van der Waals surface area contributed by atoms with Crippen molar-refractivity contribution in [3.63, 3.8) is 0 Å². The van der Waals surface area contributed by atoms with Crippen molar-refractivity contribution in [1.82, 2.24) is 4.90 Å². The van der Waals surface area contributed by atoms with Crippen LogP contribution in [0.2, 0.25) is 0 Å². The molecule has 0 aromatic heterocycles. The van der Waals surface area contributed by atoms with E-state index < -0.39 is 10.8 Å². The largest absolute Gasteiger partial charge is 0.320 e. The summed E-state index contributed by atoms with van der Waals surface area (Å²) in [6.07, 6.45) is 0.0263. The topological polar surface area (TPSA) is 92.6 Å². The molecule has 0 saturated carbocycles. The second-order valence-electron chi connectivity index (χ2n) is 4.17. The number of carbonyl (C=O) groups is 2. The number of anilines is 1. The average molecular weight is 325 g/mol. The quantitative estimate of drug-likeness (QED) is 0.504. The fourth-order valence-electron chi connectivity index (χ4n) is 1.76. The summed E-state index contributed by atoms with van der Waals surface area (Å²) in [5, 5.41) is 13.3. The number of hydrogen-bond acceptors (Lipinski definition) is 6. The molecule has 1 heterocycles. The Morgan fingerprint density at radius 3 is 2.81 bits per heavy atom. The lowest BCUT2D eigenvalue weighted by molar-refractivity contribution is -0.383. The summed E-state index contributed by atoms with van der Waals surface area (Å²) >= 11 is 6.26. The molecule has 1 aromatic carbocycles. The molecule has 21 heavy (non-hydrogen) atoms. The van der Waals surface area contributed by atoms with E-state index in [-0.39, 0.29) is 30.2 Å². The number of para-hydroxylation sites is 2. The number of nitrogens with one attached hydrogen (secondary N) is 1. The molecule has 0 bridgehead atoms. The molecule has 9 heteroatoms. The van der Waals surface area contributed by atoms with Crippen molar-refractivity contribution >= 4 is 51.5 Å². The second-order valence-corrected chi connectivity index (χ2v) is 5.78. The predicted molar refractivity (Wildman–Crippen MR) is 83.1 cm³/mol. The van der Waals surface area contributed by atoms with Crippen LogP contribution in [0.15, 0.2) is 24.3 Å². The van der Waals surface area contributed by atoms with Crippen LogP contribution in [0.3, 0.4) is 0 Å². The van der Waals surface area contributed by atoms with E-state index in [1.807, 2.05) is 0 Å². The molecule has 1 aliphatic rings. The molecule has 1 fully saturated rings. The maximum atomic E-state index is 11.8. The van der Waals surface area contributed by atoms with Crippen molar-refractivity contribution in [3.8, 4) is 0 Å². The Kier molecular flexibility index (Phi) is 4.86. The first-order valence-corrected chi connectivity index (χ1v) is 7.39. The fourth-order valence-corrected chi connectivity index (χ4v) is 2.88. The van der Waals surface area contributed by atoms with Gasteiger partial charge >= 0.3 is 0 Å². The molecule has 2 amide bonds. The van der Waals surface area contributed by atoms with Crippen LogP contribution in [0.4, 0.5) is 11.4 Å². The number of thiocarbonyl (C=S) groups is 1. The van der Waals surface area contributed by atoms with E-state index in [0.717, 1.165) is 0 Å². The third kappa shape index (κ3) is 3.76. The number of thioether (sulfide) groups is 1. The normalized spacial score (nSPS) is 14.4. The van der Waals surface area contributed by atoms with E-state index in [0.29, 0.717) is 10.1 Å². The third-order valence-electron chi connectivity index (χ3n) is 2.78. The monoisotopic (exact) mass is 325 g/mol. The molecule has 1 aromatic rings. The van der Waals surface area contributed by atoms with Crippen LogP contribution in [-0.4, -0.2) is 38.3 Å². The van der Waals surface area contributed by atoms with Gasteiger partial charge in [0.25, 0.3) is 5.69 Å². The van der Waals surface area contributed by atoms with E-state index in [2.05, 4.69) is 5.32 Å². The maximum absolute atomic E-state index is 11.8. The highest BCUT2D eigenvalue weighted by Gasteiger charge is 2.26. The van der Waals surface area contributed by atoms with Crippen LogP contribution < -0.4 is 5.32 Å². The van der Waals surface area contributed by atoms with Crippen molar-refractivity contribution in [3.05, 3.63) is 34.4 Å². The highest BCUT2D eigenvalue weighted by Crippen LogP contribution is 2.23. The molecular formula is C12H11N3O4S2. The number of hydrogen-bond donors (Lipinski definition) is 1. The van der Waals surface area contributed by atoms with Gasteiger partial charge in [0.2, 0.25) is 11.8 Å². The summed E-state index contributed by atoms with van der Waals surface area (Å²) in [4.78, 5) is 35.0. The van der Waals surface area contributed by atoms with Crippen LogP contribution in [0.5, 0.6) is 0 Å². The van der Waals surface area contributed by atoms with Crippen LogP contribution in [0.1, 0.15) is 6.42 Å². The van der Waals surface area contributed by atoms with Gasteiger partial charge in [0.05, 0.1) is 10.7 Å². The molecule has 7 nitrogen and oxygen atoms in total. The van der Waals surface area contributed by atoms with Gasteiger partial charge in [-0.1, -0.05) is 36.1 Å². The van der Waals surface area contributed by atoms with Crippen LogP contribution in [0, 0.1) is 10.1 Å². The Labute approximate surface area is 129 Å². The van der Waals surface area contributed by atoms with Crippen molar-refractivity contribution in [1.29, 1.82) is 0 Å². The van der Waals surface area contributed by atoms with Gasteiger partial charge in [-0.05, 0) is 6.07 Å². The number of amides is 2. The first-order chi connectivity index (χ1) is 9.99. The number of carbonyl (C=O) groups excluding carboxylic acids is 2. The fraction of sp³-hybridized carbons (Fsp3) is 0.250. The number of nitro benzene ring substituents is 1. The second kappa shape index (κ2) is 6.64. The molecule has 110 valence electrons. The molecule has 0 spiro atoms. The van der Waals surface area contributed by atoms with E-state index >= 15 is 0 Å². The van der Waals surface area contributed by atoms with E-state index in [9.17, 15) is 19.7 Å². The van der Waals surface area contributed by atoms with E-state index in [4.69, 9.17) is 12.2 Å². The van der Waals surface area contributed by atoms with Gasteiger partial charge in [0.15, 0.2) is 0 Å². The first kappa shape index (κ1) is 15.4. The molecule has 0 aliphatic carbocycles. The lowest BCUT2D eigenvalue weighted by atomic mass is 10.2. The Morgan fingerprint density at radius 2 is 2.19 bits per heavy atom. The molecule has 1 N–H and O–H groups in total. The summed E-state index contributed by atoms with van der Waals surface area (Å²) in [6, 6.07) is 5.88. The molecule has 1 aliphatic heterocycles. The Morgan fingerprint density at radius 1 is 1.48 bits per heavy atom. The standard InChI is InChI=1S/C12H11N3O4S2/c16-10(5-6-14-11(17)7-21-12(14)20)13-8-3-1-2-4-9(8)15(18)19/h1-4H,5-7H2,(H,13,16). The van der Waals surface area contributed by atoms with Crippen molar-refractivity contribution in [2.45, 2.75) is 6.42 Å². The van der Waals surface area contributed by atoms with Crippen molar-refractivity contribution in [2.75, 3.05) is 17.6 Å². The predicted octanol–water partition coefficient (Wildman–Crippen LogP) is 1.78. The van der Waals surface area contributed by atoms with Gasteiger partial charge < -0.3 is 5.32 Å². The van der Waals surface area contributed by atoms with Crippen LogP contribution in [0.25, 0.3) is 0 Å². The van der Waals surface area contributed by atoms with E-state index in [1.165, 1.54) is 34.9 Å². The zero-order valence-electron chi connectivity index (χ0n) is 10.8. The zero-order chi connectivity index (χ0) is 15.4. The summed E-state index contributed by atoms with van der Waals surface area (Å²) in [5.41, 5.74) is -0.0358. The van der Waals surface area contributed by atoms with Crippen LogP contribution in [-0.2, 0) is 9.59 Å². The SMILES string of the molecule is O=C(CCN1C(=O)CSC1=S)Nc1ccccc1[N+](=O)[O-]. The number of rotatable bonds is 5.